The predicted molar refractivity (Wildman–Crippen MR) is 112 cm³/mol. The molecule has 4 heteroatoms. The SMILES string of the molecule is CCCCC[SiH]1CCC(c2ccc(C#Cc3cc(F)c(F)c(F)c3)cc2)CC1. The Bertz CT molecular complexity index is 817. The maximum atomic E-state index is 13.3. The molecule has 1 saturated heterocycles. The summed E-state index contributed by atoms with van der Waals surface area (Å²) in [5.41, 5.74) is 2.29. The summed E-state index contributed by atoms with van der Waals surface area (Å²) in [5, 5.41) is 0. The second kappa shape index (κ2) is 9.98. The Morgan fingerprint density at radius 1 is 0.893 bits per heavy atom. The van der Waals surface area contributed by atoms with Crippen LogP contribution in [-0.4, -0.2) is 8.80 Å². The Morgan fingerprint density at radius 3 is 2.11 bits per heavy atom. The molecule has 1 fully saturated rings. The smallest absolute Gasteiger partial charge is 0.194 e. The molecule has 0 bridgehead atoms. The fraction of sp³-hybridized carbons (Fsp3) is 0.417. The van der Waals surface area contributed by atoms with Gasteiger partial charge in [-0.25, -0.2) is 13.2 Å². The van der Waals surface area contributed by atoms with E-state index in [1.54, 1.807) is 0 Å². The standard InChI is InChI=1S/C24H27F3Si/c1-2-3-4-13-28-14-11-21(12-15-28)20-9-7-18(8-10-20)5-6-19-16-22(25)24(27)23(26)17-19/h7-10,16-17,21,28H,2-4,11-15H2,1H3. The molecule has 2 aromatic rings. The van der Waals surface area contributed by atoms with E-state index in [0.717, 1.165) is 17.7 Å². The largest absolute Gasteiger partial charge is 0.204 e. The van der Waals surface area contributed by atoms with Crippen LogP contribution in [0.25, 0.3) is 0 Å². The van der Waals surface area contributed by atoms with Crippen molar-refractivity contribution < 1.29 is 13.2 Å². The van der Waals surface area contributed by atoms with E-state index in [-0.39, 0.29) is 5.56 Å². The molecule has 0 unspecified atom stereocenters. The molecule has 0 amide bonds. The molecule has 0 N–H and O–H groups in total. The highest BCUT2D eigenvalue weighted by atomic mass is 28.3. The van der Waals surface area contributed by atoms with E-state index in [0.29, 0.717) is 5.92 Å². The summed E-state index contributed by atoms with van der Waals surface area (Å²) in [6.07, 6.45) is 6.73. The van der Waals surface area contributed by atoms with Crippen LogP contribution in [0, 0.1) is 29.3 Å². The Hall–Kier alpha value is -1.99. The van der Waals surface area contributed by atoms with Crippen LogP contribution in [0.4, 0.5) is 13.2 Å². The Morgan fingerprint density at radius 2 is 1.50 bits per heavy atom. The zero-order valence-electron chi connectivity index (χ0n) is 16.4. The van der Waals surface area contributed by atoms with Gasteiger partial charge in [-0.05, 0) is 48.6 Å². The summed E-state index contributed by atoms with van der Waals surface area (Å²) in [4.78, 5) is 0. The van der Waals surface area contributed by atoms with E-state index in [9.17, 15) is 13.2 Å². The average Bonchev–Trinajstić information content (AvgIpc) is 2.71. The Kier molecular flexibility index (Phi) is 7.39. The van der Waals surface area contributed by atoms with Crippen molar-refractivity contribution in [3.8, 4) is 11.8 Å². The minimum absolute atomic E-state index is 0.131. The van der Waals surface area contributed by atoms with Crippen LogP contribution in [0.2, 0.25) is 18.1 Å². The van der Waals surface area contributed by atoms with Gasteiger partial charge in [0.15, 0.2) is 17.5 Å². The molecule has 0 aliphatic carbocycles. The van der Waals surface area contributed by atoms with Crippen LogP contribution in [0.5, 0.6) is 0 Å². The number of hydrogen-bond acceptors (Lipinski definition) is 0. The highest BCUT2D eigenvalue weighted by molar-refractivity contribution is 6.59. The van der Waals surface area contributed by atoms with Crippen molar-refractivity contribution >= 4 is 8.80 Å². The summed E-state index contributed by atoms with van der Waals surface area (Å²) < 4.78 is 39.5. The minimum Gasteiger partial charge on any atom is -0.204 e. The van der Waals surface area contributed by atoms with E-state index in [1.165, 1.54) is 55.8 Å². The van der Waals surface area contributed by atoms with Crippen LogP contribution in [0.1, 0.15) is 61.6 Å². The molecule has 0 atom stereocenters. The molecule has 1 heterocycles. The molecular formula is C24H27F3Si. The van der Waals surface area contributed by atoms with Crippen LogP contribution in [-0.2, 0) is 0 Å². The maximum absolute atomic E-state index is 13.3. The number of hydrogen-bond donors (Lipinski definition) is 0. The van der Waals surface area contributed by atoms with Crippen molar-refractivity contribution in [1.82, 2.24) is 0 Å². The molecule has 1 aliphatic heterocycles. The van der Waals surface area contributed by atoms with Gasteiger partial charge in [0.2, 0.25) is 0 Å². The molecule has 2 aromatic carbocycles. The third kappa shape index (κ3) is 5.51. The first-order valence-electron chi connectivity index (χ1n) is 10.3. The zero-order chi connectivity index (χ0) is 19.9. The van der Waals surface area contributed by atoms with Crippen molar-refractivity contribution in [2.24, 2.45) is 0 Å². The number of halogens is 3. The van der Waals surface area contributed by atoms with Crippen molar-refractivity contribution in [2.75, 3.05) is 0 Å². The monoisotopic (exact) mass is 400 g/mol. The third-order valence-corrected chi connectivity index (χ3v) is 9.30. The molecule has 0 spiro atoms. The summed E-state index contributed by atoms with van der Waals surface area (Å²) >= 11 is 0. The van der Waals surface area contributed by atoms with Crippen LogP contribution >= 0.6 is 0 Å². The van der Waals surface area contributed by atoms with Gasteiger partial charge >= 0.3 is 0 Å². The topological polar surface area (TPSA) is 0 Å². The second-order valence-corrected chi connectivity index (χ2v) is 11.3. The van der Waals surface area contributed by atoms with Crippen molar-refractivity contribution in [3.63, 3.8) is 0 Å². The summed E-state index contributed by atoms with van der Waals surface area (Å²) in [6.45, 7) is 2.27. The van der Waals surface area contributed by atoms with Gasteiger partial charge < -0.3 is 0 Å². The third-order valence-electron chi connectivity index (χ3n) is 5.78. The van der Waals surface area contributed by atoms with Gasteiger partial charge in [-0.1, -0.05) is 68.3 Å². The lowest BCUT2D eigenvalue weighted by Crippen LogP contribution is -2.20. The molecular weight excluding hydrogens is 373 g/mol. The lowest BCUT2D eigenvalue weighted by atomic mass is 9.93. The van der Waals surface area contributed by atoms with Gasteiger partial charge in [0.05, 0.1) is 0 Å². The predicted octanol–water partition coefficient (Wildman–Crippen LogP) is 6.80. The molecule has 28 heavy (non-hydrogen) atoms. The molecule has 148 valence electrons. The lowest BCUT2D eigenvalue weighted by molar-refractivity contribution is 0.446. The van der Waals surface area contributed by atoms with E-state index < -0.39 is 26.2 Å². The molecule has 1 aliphatic rings. The highest BCUT2D eigenvalue weighted by Crippen LogP contribution is 2.35. The first-order valence-corrected chi connectivity index (χ1v) is 12.8. The van der Waals surface area contributed by atoms with Gasteiger partial charge in [0, 0.05) is 19.9 Å². The molecule has 3 rings (SSSR count). The van der Waals surface area contributed by atoms with Crippen LogP contribution in [0.15, 0.2) is 36.4 Å². The quantitative estimate of drug-likeness (QED) is 0.224. The van der Waals surface area contributed by atoms with Crippen LogP contribution < -0.4 is 0 Å². The van der Waals surface area contributed by atoms with Crippen molar-refractivity contribution in [1.29, 1.82) is 0 Å². The molecule has 0 radical (unpaired) electrons. The van der Waals surface area contributed by atoms with Gasteiger partial charge in [-0.15, -0.1) is 0 Å². The number of benzene rings is 2. The second-order valence-electron chi connectivity index (χ2n) is 7.84. The lowest BCUT2D eigenvalue weighted by Gasteiger charge is -2.28. The maximum Gasteiger partial charge on any atom is 0.194 e. The van der Waals surface area contributed by atoms with E-state index in [4.69, 9.17) is 0 Å². The van der Waals surface area contributed by atoms with Gasteiger partial charge in [-0.2, -0.15) is 0 Å². The Balaban J connectivity index is 1.58. The zero-order valence-corrected chi connectivity index (χ0v) is 17.6. The fourth-order valence-corrected chi connectivity index (χ4v) is 7.56. The number of unbranched alkanes of at least 4 members (excludes halogenated alkanes) is 2. The number of rotatable bonds is 5. The summed E-state index contributed by atoms with van der Waals surface area (Å²) in [5.74, 6) is 2.37. The molecule has 0 aromatic heterocycles. The Labute approximate surface area is 167 Å². The van der Waals surface area contributed by atoms with E-state index in [2.05, 4.69) is 30.9 Å². The first-order chi connectivity index (χ1) is 13.6. The van der Waals surface area contributed by atoms with Gasteiger partial charge in [-0.3, -0.25) is 0 Å². The average molecular weight is 401 g/mol. The fourth-order valence-electron chi connectivity index (χ4n) is 4.08. The summed E-state index contributed by atoms with van der Waals surface area (Å²) in [7, 11) is -0.498. The van der Waals surface area contributed by atoms with Crippen molar-refractivity contribution in [2.45, 2.75) is 63.1 Å². The summed E-state index contributed by atoms with van der Waals surface area (Å²) in [6, 6.07) is 14.4. The normalized spacial score (nSPS) is 19.1. The first kappa shape index (κ1) is 20.7. The highest BCUT2D eigenvalue weighted by Gasteiger charge is 2.22. The minimum atomic E-state index is -1.46. The van der Waals surface area contributed by atoms with Gasteiger partial charge in [0.1, 0.15) is 0 Å². The van der Waals surface area contributed by atoms with E-state index >= 15 is 0 Å². The van der Waals surface area contributed by atoms with Gasteiger partial charge in [0.25, 0.3) is 0 Å². The molecule has 0 saturated carbocycles. The molecule has 0 nitrogen and oxygen atoms in total. The van der Waals surface area contributed by atoms with Crippen molar-refractivity contribution in [3.05, 3.63) is 70.5 Å². The van der Waals surface area contributed by atoms with Crippen LogP contribution in [0.3, 0.4) is 0 Å². The van der Waals surface area contributed by atoms with E-state index in [1.807, 2.05) is 12.1 Å².